The first-order valence-electron chi connectivity index (χ1n) is 5.39. The molecule has 0 unspecified atom stereocenters. The van der Waals surface area contributed by atoms with Crippen LogP contribution in [0.5, 0.6) is 0 Å². The van der Waals surface area contributed by atoms with Gasteiger partial charge in [0.25, 0.3) is 5.91 Å². The molecule has 6 heteroatoms. The lowest BCUT2D eigenvalue weighted by atomic mass is 10.0. The summed E-state index contributed by atoms with van der Waals surface area (Å²) in [5, 5.41) is 5.27. The molecule has 0 aromatic carbocycles. The molecule has 0 bridgehead atoms. The fraction of sp³-hybridized carbons (Fsp3) is 0.364. The van der Waals surface area contributed by atoms with Crippen LogP contribution in [-0.4, -0.2) is 27.8 Å². The van der Waals surface area contributed by atoms with Gasteiger partial charge in [-0.2, -0.15) is 0 Å². The SMILES string of the molecule is CC(C)[C@@H]1NC(=O)/C(=C\c2cnc[nH]2)NC1=O. The molecule has 1 aromatic rings. The minimum atomic E-state index is -0.471. The van der Waals surface area contributed by atoms with Gasteiger partial charge in [0.15, 0.2) is 0 Å². The molecule has 1 aliphatic heterocycles. The summed E-state index contributed by atoms with van der Waals surface area (Å²) in [7, 11) is 0. The largest absolute Gasteiger partial charge is 0.345 e. The van der Waals surface area contributed by atoms with Crippen molar-refractivity contribution in [3.8, 4) is 0 Å². The molecule has 1 aliphatic rings. The molecule has 0 aliphatic carbocycles. The lowest BCUT2D eigenvalue weighted by molar-refractivity contribution is -0.132. The highest BCUT2D eigenvalue weighted by Crippen LogP contribution is 2.10. The maximum absolute atomic E-state index is 11.8. The van der Waals surface area contributed by atoms with Crippen molar-refractivity contribution in [2.24, 2.45) is 5.92 Å². The second-order valence-corrected chi connectivity index (χ2v) is 4.25. The minimum Gasteiger partial charge on any atom is -0.345 e. The van der Waals surface area contributed by atoms with E-state index in [2.05, 4.69) is 20.6 Å². The maximum Gasteiger partial charge on any atom is 0.268 e. The number of nitrogens with zero attached hydrogens (tertiary/aromatic N) is 1. The number of amides is 2. The third-order valence-electron chi connectivity index (χ3n) is 2.56. The minimum absolute atomic E-state index is 0.0626. The molecule has 0 saturated carbocycles. The zero-order valence-electron chi connectivity index (χ0n) is 9.65. The molecule has 1 fully saturated rings. The number of hydrogen-bond donors (Lipinski definition) is 3. The van der Waals surface area contributed by atoms with Gasteiger partial charge in [-0.25, -0.2) is 4.98 Å². The van der Waals surface area contributed by atoms with Gasteiger partial charge < -0.3 is 15.6 Å². The van der Waals surface area contributed by atoms with Gasteiger partial charge in [-0.15, -0.1) is 0 Å². The van der Waals surface area contributed by atoms with Crippen LogP contribution >= 0.6 is 0 Å². The van der Waals surface area contributed by atoms with Gasteiger partial charge in [0.2, 0.25) is 5.91 Å². The Morgan fingerprint density at radius 1 is 1.41 bits per heavy atom. The monoisotopic (exact) mass is 234 g/mol. The second kappa shape index (κ2) is 4.40. The summed E-state index contributed by atoms with van der Waals surface area (Å²) >= 11 is 0. The van der Waals surface area contributed by atoms with Gasteiger partial charge in [-0.3, -0.25) is 9.59 Å². The number of aromatic amines is 1. The number of aromatic nitrogens is 2. The topological polar surface area (TPSA) is 86.9 Å². The Balaban J connectivity index is 2.18. The predicted molar refractivity (Wildman–Crippen MR) is 61.5 cm³/mol. The lowest BCUT2D eigenvalue weighted by Crippen LogP contribution is -2.56. The lowest BCUT2D eigenvalue weighted by Gasteiger charge is -2.27. The van der Waals surface area contributed by atoms with E-state index in [1.165, 1.54) is 6.33 Å². The van der Waals surface area contributed by atoms with Gasteiger partial charge in [-0.05, 0) is 12.0 Å². The van der Waals surface area contributed by atoms with Crippen LogP contribution in [0.1, 0.15) is 19.5 Å². The van der Waals surface area contributed by atoms with E-state index in [4.69, 9.17) is 0 Å². The fourth-order valence-electron chi connectivity index (χ4n) is 1.62. The molecule has 6 nitrogen and oxygen atoms in total. The van der Waals surface area contributed by atoms with Gasteiger partial charge in [-0.1, -0.05) is 13.8 Å². The van der Waals surface area contributed by atoms with Crippen LogP contribution in [0.15, 0.2) is 18.2 Å². The highest BCUT2D eigenvalue weighted by atomic mass is 16.2. The van der Waals surface area contributed by atoms with Gasteiger partial charge in [0.1, 0.15) is 11.7 Å². The van der Waals surface area contributed by atoms with Crippen LogP contribution in [0.2, 0.25) is 0 Å². The van der Waals surface area contributed by atoms with Crippen LogP contribution in [-0.2, 0) is 9.59 Å². The van der Waals surface area contributed by atoms with E-state index >= 15 is 0 Å². The van der Waals surface area contributed by atoms with Crippen molar-refractivity contribution in [2.75, 3.05) is 0 Å². The molecule has 2 heterocycles. The molecular formula is C11H14N4O2. The summed E-state index contributed by atoms with van der Waals surface area (Å²) in [6.45, 7) is 3.77. The summed E-state index contributed by atoms with van der Waals surface area (Å²) in [4.78, 5) is 30.1. The number of H-pyrrole nitrogens is 1. The summed E-state index contributed by atoms with van der Waals surface area (Å²) in [5.41, 5.74) is 0.898. The Bertz CT molecular complexity index is 462. The van der Waals surface area contributed by atoms with Crippen molar-refractivity contribution >= 4 is 17.9 Å². The molecule has 1 saturated heterocycles. The second-order valence-electron chi connectivity index (χ2n) is 4.25. The van der Waals surface area contributed by atoms with E-state index in [1.54, 1.807) is 12.3 Å². The zero-order valence-corrected chi connectivity index (χ0v) is 9.65. The van der Waals surface area contributed by atoms with E-state index in [0.29, 0.717) is 5.69 Å². The first-order chi connectivity index (χ1) is 8.08. The summed E-state index contributed by atoms with van der Waals surface area (Å²) in [6, 6.07) is -0.471. The smallest absolute Gasteiger partial charge is 0.268 e. The normalized spacial score (nSPS) is 22.8. The Labute approximate surface area is 98.5 Å². The van der Waals surface area contributed by atoms with Crippen LogP contribution < -0.4 is 10.6 Å². The van der Waals surface area contributed by atoms with Gasteiger partial charge in [0.05, 0.1) is 18.2 Å². The van der Waals surface area contributed by atoms with Crippen molar-refractivity contribution < 1.29 is 9.59 Å². The number of piperazine rings is 1. The highest BCUT2D eigenvalue weighted by Gasteiger charge is 2.31. The molecule has 1 atom stereocenters. The van der Waals surface area contributed by atoms with E-state index in [9.17, 15) is 9.59 Å². The fourth-order valence-corrected chi connectivity index (χ4v) is 1.62. The highest BCUT2D eigenvalue weighted by molar-refractivity contribution is 6.07. The van der Waals surface area contributed by atoms with Crippen molar-refractivity contribution in [3.05, 3.63) is 23.9 Å². The number of rotatable bonds is 2. The Hall–Kier alpha value is -2.11. The Kier molecular flexibility index (Phi) is 2.95. The Morgan fingerprint density at radius 3 is 2.76 bits per heavy atom. The molecule has 2 amide bonds. The van der Waals surface area contributed by atoms with Crippen molar-refractivity contribution in [1.82, 2.24) is 20.6 Å². The van der Waals surface area contributed by atoms with Crippen LogP contribution in [0.4, 0.5) is 0 Å². The summed E-state index contributed by atoms with van der Waals surface area (Å²) < 4.78 is 0. The molecule has 0 radical (unpaired) electrons. The summed E-state index contributed by atoms with van der Waals surface area (Å²) in [5.74, 6) is -0.407. The third-order valence-corrected chi connectivity index (χ3v) is 2.56. The average Bonchev–Trinajstić information content (AvgIpc) is 2.75. The standard InChI is InChI=1S/C11H14N4O2/c1-6(2)9-11(17)14-8(10(16)15-9)3-7-4-12-5-13-7/h3-6,9H,1-2H3,(H,12,13)(H,14,17)(H,15,16)/b8-3+/t9-/m0/s1. The molecule has 0 spiro atoms. The first-order valence-corrected chi connectivity index (χ1v) is 5.39. The number of carbonyl (C=O) groups excluding carboxylic acids is 2. The van der Waals surface area contributed by atoms with Crippen molar-refractivity contribution in [1.29, 1.82) is 0 Å². The molecule has 1 aromatic heterocycles. The van der Waals surface area contributed by atoms with Crippen LogP contribution in [0, 0.1) is 5.92 Å². The number of nitrogens with one attached hydrogen (secondary N) is 3. The number of hydrogen-bond acceptors (Lipinski definition) is 3. The van der Waals surface area contributed by atoms with Crippen LogP contribution in [0.3, 0.4) is 0 Å². The third kappa shape index (κ3) is 2.35. The van der Waals surface area contributed by atoms with Crippen molar-refractivity contribution in [2.45, 2.75) is 19.9 Å². The maximum atomic E-state index is 11.8. The van der Waals surface area contributed by atoms with E-state index in [0.717, 1.165) is 0 Å². The number of carbonyl (C=O) groups is 2. The molecule has 90 valence electrons. The zero-order chi connectivity index (χ0) is 12.4. The summed E-state index contributed by atoms with van der Waals surface area (Å²) in [6.07, 6.45) is 4.63. The van der Waals surface area contributed by atoms with E-state index < -0.39 is 6.04 Å². The number of imidazole rings is 1. The van der Waals surface area contributed by atoms with Crippen molar-refractivity contribution in [3.63, 3.8) is 0 Å². The molecule has 3 N–H and O–H groups in total. The quantitative estimate of drug-likeness (QED) is 0.630. The molecular weight excluding hydrogens is 220 g/mol. The molecule has 17 heavy (non-hydrogen) atoms. The predicted octanol–water partition coefficient (Wildman–Crippen LogP) is 0.0212. The first kappa shape index (κ1) is 11.4. The van der Waals surface area contributed by atoms with Gasteiger partial charge in [0, 0.05) is 0 Å². The van der Waals surface area contributed by atoms with E-state index in [-0.39, 0.29) is 23.4 Å². The Morgan fingerprint density at radius 2 is 2.18 bits per heavy atom. The van der Waals surface area contributed by atoms with E-state index in [1.807, 2.05) is 13.8 Å². The molecule has 2 rings (SSSR count). The van der Waals surface area contributed by atoms with Crippen LogP contribution in [0.25, 0.3) is 6.08 Å². The van der Waals surface area contributed by atoms with Gasteiger partial charge >= 0.3 is 0 Å². The average molecular weight is 234 g/mol.